The number of esters is 1. The zero-order valence-corrected chi connectivity index (χ0v) is 12.5. The predicted molar refractivity (Wildman–Crippen MR) is 73.7 cm³/mol. The molecule has 0 aromatic rings. The van der Waals surface area contributed by atoms with Crippen molar-refractivity contribution < 1.29 is 19.0 Å². The Bertz CT molecular complexity index is 384. The molecule has 1 aliphatic heterocycles. The zero-order valence-electron chi connectivity index (χ0n) is 12.5. The van der Waals surface area contributed by atoms with Crippen LogP contribution in [0.5, 0.6) is 0 Å². The van der Waals surface area contributed by atoms with E-state index < -0.39 is 5.79 Å². The number of hydrogen-bond donors (Lipinski definition) is 0. The van der Waals surface area contributed by atoms with Crippen LogP contribution in [-0.4, -0.2) is 32.1 Å². The monoisotopic (exact) mass is 268 g/mol. The molecule has 0 saturated heterocycles. The van der Waals surface area contributed by atoms with Gasteiger partial charge in [0.2, 0.25) is 0 Å². The fourth-order valence-electron chi connectivity index (χ4n) is 2.27. The minimum Gasteiger partial charge on any atom is -0.469 e. The van der Waals surface area contributed by atoms with Crippen LogP contribution in [0, 0.1) is 0 Å². The molecule has 0 spiro atoms. The molecule has 0 aromatic carbocycles. The summed E-state index contributed by atoms with van der Waals surface area (Å²) in [5, 5.41) is 0. The molecule has 0 amide bonds. The van der Waals surface area contributed by atoms with E-state index in [1.165, 1.54) is 7.11 Å². The molecule has 0 fully saturated rings. The Balaban J connectivity index is 2.94. The maximum absolute atomic E-state index is 11.5. The van der Waals surface area contributed by atoms with Crippen molar-refractivity contribution in [1.82, 2.24) is 0 Å². The molecule has 0 aromatic heterocycles. The highest BCUT2D eigenvalue weighted by Crippen LogP contribution is 2.34. The average molecular weight is 268 g/mol. The molecule has 4 nitrogen and oxygen atoms in total. The van der Waals surface area contributed by atoms with E-state index in [1.54, 1.807) is 7.11 Å². The van der Waals surface area contributed by atoms with Crippen LogP contribution in [0.3, 0.4) is 0 Å². The summed E-state index contributed by atoms with van der Waals surface area (Å²) in [5.41, 5.74) is 2.29. The van der Waals surface area contributed by atoms with Crippen molar-refractivity contribution in [2.24, 2.45) is 0 Å². The van der Waals surface area contributed by atoms with Crippen molar-refractivity contribution in [3.8, 4) is 0 Å². The van der Waals surface area contributed by atoms with E-state index in [0.717, 1.165) is 17.6 Å². The van der Waals surface area contributed by atoms with Gasteiger partial charge < -0.3 is 14.2 Å². The van der Waals surface area contributed by atoms with Crippen LogP contribution in [0.1, 0.15) is 40.0 Å². The maximum atomic E-state index is 11.5. The van der Waals surface area contributed by atoms with E-state index in [1.807, 2.05) is 13.8 Å². The molecule has 0 N–H and O–H groups in total. The predicted octanol–water partition coefficient (Wildman–Crippen LogP) is 2.98. The van der Waals surface area contributed by atoms with Gasteiger partial charge in [0.25, 0.3) is 0 Å². The van der Waals surface area contributed by atoms with Gasteiger partial charge in [0.1, 0.15) is 6.10 Å². The van der Waals surface area contributed by atoms with Crippen LogP contribution in [0.25, 0.3) is 0 Å². The topological polar surface area (TPSA) is 44.8 Å². The lowest BCUT2D eigenvalue weighted by atomic mass is 9.95. The van der Waals surface area contributed by atoms with Gasteiger partial charge in [-0.2, -0.15) is 0 Å². The quantitative estimate of drug-likeness (QED) is 0.568. The molecule has 19 heavy (non-hydrogen) atoms. The van der Waals surface area contributed by atoms with Crippen molar-refractivity contribution in [3.05, 3.63) is 23.3 Å². The van der Waals surface area contributed by atoms with E-state index in [0.29, 0.717) is 6.42 Å². The fourth-order valence-corrected chi connectivity index (χ4v) is 2.27. The second kappa shape index (κ2) is 6.87. The smallest absolute Gasteiger partial charge is 0.311 e. The second-order valence-electron chi connectivity index (χ2n) is 4.87. The van der Waals surface area contributed by atoms with Crippen molar-refractivity contribution in [1.29, 1.82) is 0 Å². The van der Waals surface area contributed by atoms with Crippen LogP contribution in [0.15, 0.2) is 23.3 Å². The summed E-state index contributed by atoms with van der Waals surface area (Å²) >= 11 is 0. The summed E-state index contributed by atoms with van der Waals surface area (Å²) in [6.45, 7) is 6.16. The number of allylic oxidation sites excluding steroid dienone is 1. The van der Waals surface area contributed by atoms with Crippen molar-refractivity contribution in [2.75, 3.05) is 14.2 Å². The molecule has 4 heteroatoms. The van der Waals surface area contributed by atoms with Crippen LogP contribution in [0.4, 0.5) is 0 Å². The van der Waals surface area contributed by atoms with Crippen molar-refractivity contribution >= 4 is 5.97 Å². The third-order valence-corrected chi connectivity index (χ3v) is 3.43. The number of rotatable bonds is 5. The van der Waals surface area contributed by atoms with Gasteiger partial charge >= 0.3 is 5.97 Å². The minimum absolute atomic E-state index is 0.0969. The highest BCUT2D eigenvalue weighted by molar-refractivity contribution is 5.70. The van der Waals surface area contributed by atoms with Gasteiger partial charge in [0.15, 0.2) is 5.79 Å². The van der Waals surface area contributed by atoms with Gasteiger partial charge in [-0.3, -0.25) is 4.79 Å². The Morgan fingerprint density at radius 2 is 2.26 bits per heavy atom. The Hall–Kier alpha value is -1.13. The Kier molecular flexibility index (Phi) is 5.76. The Labute approximate surface area is 115 Å². The van der Waals surface area contributed by atoms with Crippen LogP contribution in [-0.2, 0) is 19.0 Å². The maximum Gasteiger partial charge on any atom is 0.311 e. The van der Waals surface area contributed by atoms with E-state index in [-0.39, 0.29) is 18.5 Å². The summed E-state index contributed by atoms with van der Waals surface area (Å²) in [7, 11) is 2.93. The molecule has 1 rings (SSSR count). The van der Waals surface area contributed by atoms with E-state index in [4.69, 9.17) is 14.2 Å². The Morgan fingerprint density at radius 3 is 2.79 bits per heavy atom. The molecule has 108 valence electrons. The molecule has 1 aliphatic rings. The average Bonchev–Trinajstić information content (AvgIpc) is 2.41. The number of ether oxygens (including phenoxy) is 3. The highest BCUT2D eigenvalue weighted by atomic mass is 16.7. The zero-order chi connectivity index (χ0) is 14.5. The Morgan fingerprint density at radius 1 is 1.58 bits per heavy atom. The third kappa shape index (κ3) is 3.91. The number of methoxy groups -OCH3 is 2. The lowest BCUT2D eigenvalue weighted by Gasteiger charge is -2.39. The third-order valence-electron chi connectivity index (χ3n) is 3.43. The lowest BCUT2D eigenvalue weighted by Crippen LogP contribution is -2.44. The van der Waals surface area contributed by atoms with Gasteiger partial charge in [-0.25, -0.2) is 0 Å². The molecule has 2 atom stereocenters. The van der Waals surface area contributed by atoms with Crippen LogP contribution >= 0.6 is 0 Å². The second-order valence-corrected chi connectivity index (χ2v) is 4.87. The van der Waals surface area contributed by atoms with E-state index in [2.05, 4.69) is 19.1 Å². The van der Waals surface area contributed by atoms with Crippen LogP contribution < -0.4 is 0 Å². The van der Waals surface area contributed by atoms with Gasteiger partial charge in [0, 0.05) is 13.5 Å². The van der Waals surface area contributed by atoms with Gasteiger partial charge in [0.05, 0.1) is 13.5 Å². The first kappa shape index (κ1) is 15.9. The summed E-state index contributed by atoms with van der Waals surface area (Å²) in [6, 6.07) is 0. The molecule has 0 bridgehead atoms. The molecule has 1 heterocycles. The molecule has 0 aliphatic carbocycles. The molecular weight excluding hydrogens is 244 g/mol. The first-order chi connectivity index (χ1) is 8.98. The number of carbonyl (C=O) groups excluding carboxylic acids is 1. The minimum atomic E-state index is -0.917. The first-order valence-electron chi connectivity index (χ1n) is 6.61. The largest absolute Gasteiger partial charge is 0.469 e. The van der Waals surface area contributed by atoms with Crippen LogP contribution in [0.2, 0.25) is 0 Å². The summed E-state index contributed by atoms with van der Waals surface area (Å²) in [5.74, 6) is -1.24. The summed E-state index contributed by atoms with van der Waals surface area (Å²) in [4.78, 5) is 11.5. The molecule has 0 saturated carbocycles. The number of hydrogen-bond acceptors (Lipinski definition) is 4. The van der Waals surface area contributed by atoms with E-state index >= 15 is 0 Å². The lowest BCUT2D eigenvalue weighted by molar-refractivity contribution is -0.242. The highest BCUT2D eigenvalue weighted by Gasteiger charge is 2.39. The molecule has 0 radical (unpaired) electrons. The van der Waals surface area contributed by atoms with Gasteiger partial charge in [-0.1, -0.05) is 19.1 Å². The summed E-state index contributed by atoms with van der Waals surface area (Å²) in [6.07, 6.45) is 5.69. The van der Waals surface area contributed by atoms with Gasteiger partial charge in [-0.05, 0) is 31.4 Å². The standard InChI is InChI=1S/C15H24O4/c1-6-7-11(2)14-12(3)8-9-15(18-5,19-14)10-13(16)17-4/h7-8,14H,6,9-10H2,1-5H3/b11-7+/t14-,15+/m0/s1. The van der Waals surface area contributed by atoms with E-state index in [9.17, 15) is 4.79 Å². The first-order valence-corrected chi connectivity index (χ1v) is 6.61. The van der Waals surface area contributed by atoms with Crippen molar-refractivity contribution in [3.63, 3.8) is 0 Å². The van der Waals surface area contributed by atoms with Gasteiger partial charge in [-0.15, -0.1) is 0 Å². The molecular formula is C15H24O4. The molecule has 0 unspecified atom stereocenters. The number of carbonyl (C=O) groups is 1. The summed E-state index contributed by atoms with van der Waals surface area (Å²) < 4.78 is 16.2. The normalized spacial score (nSPS) is 27.9. The van der Waals surface area contributed by atoms with Crippen molar-refractivity contribution in [2.45, 2.75) is 51.9 Å². The SMILES string of the molecule is CC/C=C(\C)[C@@H]1O[C@](CC(=O)OC)(OC)CC=C1C. The fraction of sp³-hybridized carbons (Fsp3) is 0.667.